The molecule has 0 aromatic heterocycles. The number of nitrogens with one attached hydrogen (secondary N) is 1. The second-order valence-corrected chi connectivity index (χ2v) is 10.5. The Morgan fingerprint density at radius 2 is 1.61 bits per heavy atom. The maximum absolute atomic E-state index is 13.7. The lowest BCUT2D eigenvalue weighted by Gasteiger charge is -2.30. The molecule has 1 aliphatic rings. The molecule has 0 saturated carbocycles. The molecule has 1 saturated heterocycles. The molecular formula is C29H37N3O6. The van der Waals surface area contributed by atoms with E-state index < -0.39 is 47.5 Å². The van der Waals surface area contributed by atoms with Crippen molar-refractivity contribution in [3.63, 3.8) is 0 Å². The molecule has 0 spiro atoms. The highest BCUT2D eigenvalue weighted by atomic mass is 16.6. The number of ether oxygens (including phenoxy) is 2. The van der Waals surface area contributed by atoms with Crippen molar-refractivity contribution in [3.8, 4) is 0 Å². The molecule has 2 aromatic rings. The fraction of sp³-hybridized carbons (Fsp3) is 0.448. The van der Waals surface area contributed by atoms with Gasteiger partial charge in [-0.05, 0) is 57.6 Å². The molecule has 9 nitrogen and oxygen atoms in total. The van der Waals surface area contributed by atoms with E-state index in [0.717, 1.165) is 11.1 Å². The van der Waals surface area contributed by atoms with E-state index >= 15 is 0 Å². The van der Waals surface area contributed by atoms with Crippen molar-refractivity contribution >= 4 is 23.9 Å². The summed E-state index contributed by atoms with van der Waals surface area (Å²) in [5, 5.41) is 2.63. The van der Waals surface area contributed by atoms with Gasteiger partial charge in [0.25, 0.3) is 0 Å². The molecule has 1 fully saturated rings. The van der Waals surface area contributed by atoms with Crippen LogP contribution in [0.3, 0.4) is 0 Å². The van der Waals surface area contributed by atoms with E-state index in [9.17, 15) is 19.2 Å². The molecule has 1 heterocycles. The largest absolute Gasteiger partial charge is 0.459 e. The van der Waals surface area contributed by atoms with Crippen molar-refractivity contribution in [3.05, 3.63) is 71.8 Å². The Morgan fingerprint density at radius 3 is 2.18 bits per heavy atom. The van der Waals surface area contributed by atoms with Gasteiger partial charge in [-0.2, -0.15) is 0 Å². The van der Waals surface area contributed by atoms with Crippen molar-refractivity contribution in [1.82, 2.24) is 10.2 Å². The van der Waals surface area contributed by atoms with Crippen LogP contribution in [-0.4, -0.2) is 53.0 Å². The molecule has 204 valence electrons. The number of benzene rings is 2. The molecular weight excluding hydrogens is 486 g/mol. The highest BCUT2D eigenvalue weighted by molar-refractivity contribution is 5.91. The fourth-order valence-electron chi connectivity index (χ4n) is 4.46. The number of nitrogens with zero attached hydrogens (tertiary/aromatic N) is 1. The number of esters is 1. The number of alkyl carbamates (subject to hydrolysis) is 1. The van der Waals surface area contributed by atoms with E-state index in [1.807, 2.05) is 60.7 Å². The first kappa shape index (κ1) is 28.7. The lowest BCUT2D eigenvalue weighted by Crippen LogP contribution is -2.53. The molecule has 3 atom stereocenters. The Morgan fingerprint density at radius 1 is 1.00 bits per heavy atom. The van der Waals surface area contributed by atoms with Gasteiger partial charge in [0.15, 0.2) is 0 Å². The van der Waals surface area contributed by atoms with E-state index in [4.69, 9.17) is 15.2 Å². The first-order valence-corrected chi connectivity index (χ1v) is 12.9. The first-order valence-electron chi connectivity index (χ1n) is 12.9. The molecule has 0 radical (unpaired) electrons. The second kappa shape index (κ2) is 13.1. The molecule has 3 rings (SSSR count). The first-order chi connectivity index (χ1) is 18.0. The van der Waals surface area contributed by atoms with Gasteiger partial charge in [-0.1, -0.05) is 60.7 Å². The van der Waals surface area contributed by atoms with Crippen LogP contribution in [0.15, 0.2) is 60.7 Å². The highest BCUT2D eigenvalue weighted by Gasteiger charge is 2.40. The number of carbonyl (C=O) groups is 4. The minimum Gasteiger partial charge on any atom is -0.459 e. The van der Waals surface area contributed by atoms with Crippen LogP contribution in [0.1, 0.15) is 51.2 Å². The second-order valence-electron chi connectivity index (χ2n) is 10.5. The van der Waals surface area contributed by atoms with Gasteiger partial charge >= 0.3 is 12.1 Å². The quantitative estimate of drug-likeness (QED) is 0.460. The predicted molar refractivity (Wildman–Crippen MR) is 142 cm³/mol. The zero-order chi connectivity index (χ0) is 27.7. The molecule has 3 unspecified atom stereocenters. The topological polar surface area (TPSA) is 128 Å². The zero-order valence-electron chi connectivity index (χ0n) is 22.2. The summed E-state index contributed by atoms with van der Waals surface area (Å²) in [6.07, 6.45) is 0.533. The Bertz CT molecular complexity index is 1100. The van der Waals surface area contributed by atoms with E-state index in [2.05, 4.69) is 5.32 Å². The van der Waals surface area contributed by atoms with Crippen LogP contribution in [0.25, 0.3) is 0 Å². The van der Waals surface area contributed by atoms with Gasteiger partial charge in [-0.3, -0.25) is 9.59 Å². The van der Waals surface area contributed by atoms with Crippen molar-refractivity contribution in [2.45, 2.75) is 70.7 Å². The third-order valence-electron chi connectivity index (χ3n) is 6.27. The van der Waals surface area contributed by atoms with Gasteiger partial charge in [-0.25, -0.2) is 9.59 Å². The lowest BCUT2D eigenvalue weighted by molar-refractivity contribution is -0.155. The molecule has 0 bridgehead atoms. The average Bonchev–Trinajstić information content (AvgIpc) is 3.36. The fourth-order valence-corrected chi connectivity index (χ4v) is 4.46. The molecule has 38 heavy (non-hydrogen) atoms. The van der Waals surface area contributed by atoms with Crippen LogP contribution in [0, 0.1) is 5.92 Å². The predicted octanol–water partition coefficient (Wildman–Crippen LogP) is 3.35. The molecule has 3 amide bonds. The van der Waals surface area contributed by atoms with Crippen LogP contribution in [-0.2, 0) is 36.9 Å². The summed E-state index contributed by atoms with van der Waals surface area (Å²) >= 11 is 0. The van der Waals surface area contributed by atoms with Crippen LogP contribution >= 0.6 is 0 Å². The molecule has 1 aliphatic heterocycles. The van der Waals surface area contributed by atoms with E-state index in [-0.39, 0.29) is 13.0 Å². The maximum Gasteiger partial charge on any atom is 0.408 e. The number of amides is 3. The monoisotopic (exact) mass is 523 g/mol. The minimum absolute atomic E-state index is 0.0371. The lowest BCUT2D eigenvalue weighted by atomic mass is 9.91. The summed E-state index contributed by atoms with van der Waals surface area (Å²) in [5.41, 5.74) is 6.64. The summed E-state index contributed by atoms with van der Waals surface area (Å²) in [5.74, 6) is -2.30. The Kier molecular flexibility index (Phi) is 9.87. The van der Waals surface area contributed by atoms with Gasteiger partial charge in [-0.15, -0.1) is 0 Å². The third-order valence-corrected chi connectivity index (χ3v) is 6.27. The van der Waals surface area contributed by atoms with E-state index in [1.54, 1.807) is 20.8 Å². The van der Waals surface area contributed by atoms with Crippen molar-refractivity contribution in [1.29, 1.82) is 0 Å². The number of carbonyl (C=O) groups excluding carboxylic acids is 4. The SMILES string of the molecule is CC(C)(C)OC(=O)NC(CC(Cc1ccccc1)C(N)=O)C(=O)N1CCCC1C(=O)OCc1ccccc1. The Hall–Kier alpha value is -3.88. The minimum atomic E-state index is -1.12. The number of hydrogen-bond donors (Lipinski definition) is 2. The summed E-state index contributed by atoms with van der Waals surface area (Å²) in [4.78, 5) is 53.1. The van der Waals surface area contributed by atoms with E-state index in [0.29, 0.717) is 25.8 Å². The van der Waals surface area contributed by atoms with Gasteiger partial charge in [0.2, 0.25) is 11.8 Å². The van der Waals surface area contributed by atoms with Gasteiger partial charge in [0.1, 0.15) is 24.3 Å². The van der Waals surface area contributed by atoms with E-state index in [1.165, 1.54) is 4.90 Å². The third kappa shape index (κ3) is 8.61. The Balaban J connectivity index is 1.76. The average molecular weight is 524 g/mol. The highest BCUT2D eigenvalue weighted by Crippen LogP contribution is 2.23. The molecule has 0 aliphatic carbocycles. The number of primary amides is 1. The van der Waals surface area contributed by atoms with Crippen LogP contribution in [0.5, 0.6) is 0 Å². The number of nitrogens with two attached hydrogens (primary N) is 1. The Labute approximate surface area is 223 Å². The van der Waals surface area contributed by atoms with Crippen LogP contribution < -0.4 is 11.1 Å². The summed E-state index contributed by atoms with van der Waals surface area (Å²) < 4.78 is 10.9. The van der Waals surface area contributed by atoms with Crippen LogP contribution in [0.2, 0.25) is 0 Å². The zero-order valence-corrected chi connectivity index (χ0v) is 22.2. The van der Waals surface area contributed by atoms with Gasteiger partial charge < -0.3 is 25.4 Å². The molecule has 2 aromatic carbocycles. The van der Waals surface area contributed by atoms with Crippen molar-refractivity contribution in [2.75, 3.05) is 6.54 Å². The van der Waals surface area contributed by atoms with Crippen LogP contribution in [0.4, 0.5) is 4.79 Å². The smallest absolute Gasteiger partial charge is 0.408 e. The van der Waals surface area contributed by atoms with Crippen molar-refractivity contribution < 1.29 is 28.7 Å². The van der Waals surface area contributed by atoms with Gasteiger partial charge in [0.05, 0.1) is 0 Å². The summed E-state index contributed by atoms with van der Waals surface area (Å²) in [6, 6.07) is 16.7. The maximum atomic E-state index is 13.7. The summed E-state index contributed by atoms with van der Waals surface area (Å²) in [6.45, 7) is 5.56. The standard InChI is InChI=1S/C29H37N3O6/c1-29(2,3)38-28(36)31-23(18-22(25(30)33)17-20-11-6-4-7-12-20)26(34)32-16-10-15-24(32)27(35)37-19-21-13-8-5-9-14-21/h4-9,11-14,22-24H,10,15-19H2,1-3H3,(H2,30,33)(H,31,36). The number of rotatable bonds is 10. The molecule has 3 N–H and O–H groups in total. The number of hydrogen-bond acceptors (Lipinski definition) is 6. The normalized spacial score (nSPS) is 16.8. The number of likely N-dealkylation sites (tertiary alicyclic amines) is 1. The molecule has 9 heteroatoms. The summed E-state index contributed by atoms with van der Waals surface area (Å²) in [7, 11) is 0. The van der Waals surface area contributed by atoms with Crippen molar-refractivity contribution in [2.24, 2.45) is 11.7 Å². The van der Waals surface area contributed by atoms with Gasteiger partial charge in [0, 0.05) is 12.5 Å².